The van der Waals surface area contributed by atoms with Crippen molar-refractivity contribution < 1.29 is 19.1 Å². The van der Waals surface area contributed by atoms with Crippen molar-refractivity contribution in [1.29, 1.82) is 0 Å². The van der Waals surface area contributed by atoms with E-state index in [2.05, 4.69) is 4.74 Å². The number of nitrogens with two attached hydrogens (primary N) is 1. The number of ether oxygens (including phenoxy) is 2. The van der Waals surface area contributed by atoms with Crippen LogP contribution < -0.4 is 15.8 Å². The van der Waals surface area contributed by atoms with Gasteiger partial charge < -0.3 is 25.3 Å². The molecule has 0 unspecified atom stereocenters. The second kappa shape index (κ2) is 12.4. The predicted molar refractivity (Wildman–Crippen MR) is 71.4 cm³/mol. The SMILES string of the molecule is COC(=O)CN[C-]=O.Cc1ccc(OCCN)cc1.[Fm]. The van der Waals surface area contributed by atoms with Gasteiger partial charge in [-0.3, -0.25) is 4.79 Å². The Morgan fingerprint density at radius 1 is 1.35 bits per heavy atom. The van der Waals surface area contributed by atoms with Crippen LogP contribution in [0.3, 0.4) is 0 Å². The largest absolute Gasteiger partial charge is 0.521 e. The van der Waals surface area contributed by atoms with Gasteiger partial charge in [-0.1, -0.05) is 17.7 Å². The average Bonchev–Trinajstić information content (AvgIpc) is 2.45. The van der Waals surface area contributed by atoms with Crippen LogP contribution in [0.2, 0.25) is 0 Å². The minimum Gasteiger partial charge on any atom is -0.521 e. The molecule has 1 aromatic rings. The van der Waals surface area contributed by atoms with Gasteiger partial charge in [0.2, 0.25) is 0 Å². The molecule has 0 aromatic heterocycles. The van der Waals surface area contributed by atoms with Gasteiger partial charge in [0.15, 0.2) is 0 Å². The number of carbonyl (C=O) groups is 1. The van der Waals surface area contributed by atoms with Crippen LogP contribution in [-0.4, -0.2) is 39.2 Å². The molecule has 0 aliphatic carbocycles. The maximum atomic E-state index is 10.1. The Labute approximate surface area is 112 Å². The maximum Gasteiger partial charge on any atom is 0.322 e. The molecule has 20 heavy (non-hydrogen) atoms. The van der Waals surface area contributed by atoms with Crippen molar-refractivity contribution in [3.05, 3.63) is 29.8 Å². The number of methoxy groups -OCH3 is 1. The van der Waals surface area contributed by atoms with Crippen LogP contribution in [0, 0.1) is 6.92 Å². The van der Waals surface area contributed by atoms with Crippen molar-refractivity contribution in [2.45, 2.75) is 6.92 Å². The molecular formula is C13H19FmN2O4-. The van der Waals surface area contributed by atoms with Crippen molar-refractivity contribution in [2.24, 2.45) is 5.73 Å². The summed E-state index contributed by atoms with van der Waals surface area (Å²) < 4.78 is 9.46. The molecule has 118 valence electrons. The number of hydrogen-bond acceptors (Lipinski definition) is 5. The van der Waals surface area contributed by atoms with Crippen LogP contribution in [-0.2, 0) is 14.3 Å². The summed E-state index contributed by atoms with van der Waals surface area (Å²) in [6.07, 6.45) is 1.33. The Morgan fingerprint density at radius 3 is 2.40 bits per heavy atom. The van der Waals surface area contributed by atoms with E-state index in [-0.39, 0.29) is 6.54 Å². The summed E-state index contributed by atoms with van der Waals surface area (Å²) >= 11 is 0. The fourth-order valence-corrected chi connectivity index (χ4v) is 0.992. The number of amides is 1. The molecule has 0 saturated heterocycles. The van der Waals surface area contributed by atoms with E-state index < -0.39 is 5.97 Å². The third-order valence-corrected chi connectivity index (χ3v) is 1.94. The summed E-state index contributed by atoms with van der Waals surface area (Å²) in [5.74, 6) is 0.411. The zero-order valence-electron chi connectivity index (χ0n) is 11.4. The minimum absolute atomic E-state index is 0. The minimum atomic E-state index is -0.478. The summed E-state index contributed by atoms with van der Waals surface area (Å²) in [6.45, 7) is 3.09. The van der Waals surface area contributed by atoms with Crippen LogP contribution >= 0.6 is 0 Å². The fraction of sp³-hybridized carbons (Fsp3) is 0.385. The molecule has 0 aliphatic rings. The zero-order valence-corrected chi connectivity index (χ0v) is 13.8. The molecule has 0 heterocycles. The second-order valence-electron chi connectivity index (χ2n) is 3.48. The molecule has 3 N–H and O–H groups in total. The van der Waals surface area contributed by atoms with Crippen LogP contribution in [0.1, 0.15) is 5.56 Å². The zero-order chi connectivity index (χ0) is 14.5. The Bertz CT molecular complexity index is 371. The van der Waals surface area contributed by atoms with Crippen molar-refractivity contribution >= 4 is 12.4 Å². The summed E-state index contributed by atoms with van der Waals surface area (Å²) in [4.78, 5) is 19.5. The average molecular weight is 524 g/mol. The van der Waals surface area contributed by atoms with Crippen molar-refractivity contribution in [3.8, 4) is 5.75 Å². The third-order valence-electron chi connectivity index (χ3n) is 1.94. The van der Waals surface area contributed by atoms with E-state index in [9.17, 15) is 9.59 Å². The molecule has 0 spiro atoms. The van der Waals surface area contributed by atoms with Crippen LogP contribution in [0.25, 0.3) is 0 Å². The topological polar surface area (TPSA) is 90.6 Å². The van der Waals surface area contributed by atoms with E-state index in [1.54, 1.807) is 0 Å². The van der Waals surface area contributed by atoms with Gasteiger partial charge >= 0.3 is 5.97 Å². The van der Waals surface area contributed by atoms with E-state index >= 15 is 0 Å². The first-order valence-corrected chi connectivity index (χ1v) is 5.70. The van der Waals surface area contributed by atoms with Gasteiger partial charge in [-0.05, 0) is 19.1 Å². The molecule has 0 aliphatic heterocycles. The molecule has 0 atom stereocenters. The Balaban J connectivity index is 0. The van der Waals surface area contributed by atoms with Crippen molar-refractivity contribution in [1.82, 2.24) is 5.32 Å². The second-order valence-corrected chi connectivity index (χ2v) is 3.48. The summed E-state index contributed by atoms with van der Waals surface area (Å²) in [5, 5.41) is 2.02. The number of carbonyl (C=O) groups excluding carboxylic acids is 2. The van der Waals surface area contributed by atoms with Gasteiger partial charge in [-0.15, -0.1) is 0 Å². The first kappa shape index (κ1) is 19.3. The maximum absolute atomic E-state index is 10.1. The third kappa shape index (κ3) is 10.1. The quantitative estimate of drug-likeness (QED) is 0.314. The van der Waals surface area contributed by atoms with E-state index in [1.807, 2.05) is 36.5 Å². The summed E-state index contributed by atoms with van der Waals surface area (Å²) in [5.41, 5.74) is 6.52. The van der Waals surface area contributed by atoms with Crippen LogP contribution in [0.5, 0.6) is 5.75 Å². The Hall–Kier alpha value is -3.08. The first-order valence-electron chi connectivity index (χ1n) is 5.70. The normalized spacial score (nSPS) is 8.35. The van der Waals surface area contributed by atoms with Crippen molar-refractivity contribution in [3.63, 3.8) is 0 Å². The molecule has 0 bridgehead atoms. The molecule has 1 rings (SSSR count). The number of benzene rings is 1. The fourth-order valence-electron chi connectivity index (χ4n) is 0.992. The number of nitrogens with one attached hydrogen (secondary N) is 1. The molecule has 0 saturated carbocycles. The van der Waals surface area contributed by atoms with E-state index in [0.29, 0.717) is 13.2 Å². The molecule has 0 fully saturated rings. The van der Waals surface area contributed by atoms with Crippen molar-refractivity contribution in [2.75, 3.05) is 26.8 Å². The van der Waals surface area contributed by atoms with Gasteiger partial charge in [0.25, 0.3) is 0 Å². The number of esters is 1. The predicted octanol–water partition coefficient (Wildman–Crippen LogP) is 0.149. The molecule has 1 aromatic carbocycles. The molecule has 6 nitrogen and oxygen atoms in total. The van der Waals surface area contributed by atoms with Gasteiger partial charge in [-0.25, -0.2) is 0 Å². The van der Waals surface area contributed by atoms with E-state index in [1.165, 1.54) is 19.1 Å². The molecule has 1 amide bonds. The number of rotatable bonds is 6. The Morgan fingerprint density at radius 2 is 1.95 bits per heavy atom. The number of aryl methyl sites for hydroxylation is 1. The monoisotopic (exact) mass is 524 g/mol. The van der Waals surface area contributed by atoms with E-state index in [4.69, 9.17) is 10.5 Å². The standard InChI is InChI=1S/C9H13NO.C4H6NO3.Fm/c1-8-2-4-9(5-3-8)11-7-6-10;1-8-4(7)2-5-3-6;/h2-5H,6-7,10H2,1H3;2H2,1H3,(H,5,6);/q;-1;. The van der Waals surface area contributed by atoms with Crippen LogP contribution in [0.15, 0.2) is 24.3 Å². The molecule has 7 heteroatoms. The molecular weight excluding hydrogens is 505 g/mol. The Kier molecular flexibility index (Phi) is 11.9. The van der Waals surface area contributed by atoms with Crippen LogP contribution in [0.4, 0.5) is 0 Å². The first-order chi connectivity index (χ1) is 9.13. The van der Waals surface area contributed by atoms with Gasteiger partial charge in [0.05, 0.1) is 13.7 Å². The van der Waals surface area contributed by atoms with Gasteiger partial charge in [0, 0.05) is 6.54 Å². The van der Waals surface area contributed by atoms with Gasteiger partial charge in [-0.2, -0.15) is 6.41 Å². The number of hydrogen-bond donors (Lipinski definition) is 2. The van der Waals surface area contributed by atoms with E-state index in [0.717, 1.165) is 5.75 Å². The smallest absolute Gasteiger partial charge is 0.322 e. The summed E-state index contributed by atoms with van der Waals surface area (Å²) in [7, 11) is 1.24. The molecule has 0 radical (unpaired) electrons. The summed E-state index contributed by atoms with van der Waals surface area (Å²) in [6, 6.07) is 7.94. The van der Waals surface area contributed by atoms with Gasteiger partial charge in [0.1, 0.15) is 12.4 Å².